The quantitative estimate of drug-likeness (QED) is 0.557. The number of aromatic nitrogens is 2. The van der Waals surface area contributed by atoms with Crippen LogP contribution in [0.2, 0.25) is 0 Å². The van der Waals surface area contributed by atoms with Gasteiger partial charge in [0.15, 0.2) is 0 Å². The highest BCUT2D eigenvalue weighted by Gasteiger charge is 2.27. The van der Waals surface area contributed by atoms with Crippen LogP contribution in [0, 0.1) is 6.92 Å². The Morgan fingerprint density at radius 2 is 2.11 bits per heavy atom. The molecule has 0 saturated heterocycles. The number of esters is 1. The number of aryl methyl sites for hydroxylation is 2. The van der Waals surface area contributed by atoms with Gasteiger partial charge in [0.25, 0.3) is 6.09 Å². The highest BCUT2D eigenvalue weighted by atomic mass is 16.5. The minimum absolute atomic E-state index is 0.148. The van der Waals surface area contributed by atoms with Crippen LogP contribution in [0.5, 0.6) is 0 Å². The summed E-state index contributed by atoms with van der Waals surface area (Å²) >= 11 is 0. The molecule has 0 atom stereocenters. The van der Waals surface area contributed by atoms with Crippen LogP contribution in [0.1, 0.15) is 19.0 Å². The Hall–Kier alpha value is -1.89. The first-order chi connectivity index (χ1) is 8.78. The van der Waals surface area contributed by atoms with Crippen LogP contribution in [0.25, 0.3) is 0 Å². The Morgan fingerprint density at radius 3 is 2.63 bits per heavy atom. The predicted molar refractivity (Wildman–Crippen MR) is 67.3 cm³/mol. The van der Waals surface area contributed by atoms with E-state index in [1.165, 1.54) is 18.8 Å². The van der Waals surface area contributed by atoms with Crippen molar-refractivity contribution in [1.29, 1.82) is 0 Å². The Balaban J connectivity index is 2.91. The molecular weight excluding hydrogens is 250 g/mol. The summed E-state index contributed by atoms with van der Waals surface area (Å²) in [5.74, 6) is 0.127. The van der Waals surface area contributed by atoms with E-state index in [1.54, 1.807) is 19.9 Å². The maximum atomic E-state index is 11.3. The number of rotatable bonds is 5. The van der Waals surface area contributed by atoms with Crippen molar-refractivity contribution in [2.24, 2.45) is 0 Å². The van der Waals surface area contributed by atoms with Crippen LogP contribution in [-0.2, 0) is 16.1 Å². The Kier molecular flexibility index (Phi) is 4.66. The van der Waals surface area contributed by atoms with Crippen LogP contribution in [0.4, 0.5) is 10.6 Å². The molecule has 0 N–H and O–H groups in total. The second-order valence-electron chi connectivity index (χ2n) is 4.64. The molecule has 0 unspecified atom stereocenters. The molecule has 1 amide bonds. The van der Waals surface area contributed by atoms with E-state index in [-0.39, 0.29) is 18.9 Å². The number of hydrogen-bond acceptors (Lipinski definition) is 5. The highest BCUT2D eigenvalue weighted by molar-refractivity contribution is 5.76. The maximum absolute atomic E-state index is 11.3. The van der Waals surface area contributed by atoms with Gasteiger partial charge < -0.3 is 14.6 Å². The monoisotopic (exact) mass is 269 g/mol. The Morgan fingerprint density at radius 1 is 1.47 bits per heavy atom. The first-order valence-corrected chi connectivity index (χ1v) is 6.05. The van der Waals surface area contributed by atoms with Crippen molar-refractivity contribution in [3.63, 3.8) is 0 Å². The molecule has 0 aliphatic heterocycles. The van der Waals surface area contributed by atoms with Crippen LogP contribution >= 0.6 is 0 Å². The van der Waals surface area contributed by atoms with Crippen molar-refractivity contribution in [2.45, 2.75) is 26.8 Å². The molecule has 0 aliphatic rings. The van der Waals surface area contributed by atoms with E-state index < -0.39 is 10.6 Å². The third-order valence-electron chi connectivity index (χ3n) is 2.74. The van der Waals surface area contributed by atoms with Crippen molar-refractivity contribution in [3.8, 4) is 0 Å². The van der Waals surface area contributed by atoms with Gasteiger partial charge in [0, 0.05) is 6.07 Å². The van der Waals surface area contributed by atoms with E-state index in [2.05, 4.69) is 5.10 Å². The number of ether oxygens (including phenoxy) is 1. The molecule has 0 bridgehead atoms. The first-order valence-electron chi connectivity index (χ1n) is 6.05. The summed E-state index contributed by atoms with van der Waals surface area (Å²) < 4.78 is 5.88. The van der Waals surface area contributed by atoms with E-state index >= 15 is 0 Å². The van der Waals surface area contributed by atoms with Gasteiger partial charge >= 0.3 is 5.97 Å². The van der Waals surface area contributed by atoms with Gasteiger partial charge in [-0.1, -0.05) is 0 Å². The maximum Gasteiger partial charge on any atom is 0.307 e. The lowest BCUT2D eigenvalue weighted by Crippen LogP contribution is -2.55. The van der Waals surface area contributed by atoms with E-state index in [9.17, 15) is 14.7 Å². The zero-order chi connectivity index (χ0) is 14.6. The average molecular weight is 269 g/mol. The summed E-state index contributed by atoms with van der Waals surface area (Å²) in [6.07, 6.45) is -1.09. The number of carbonyl (C=O) groups excluding carboxylic acids is 2. The fourth-order valence-electron chi connectivity index (χ4n) is 1.67. The molecule has 0 spiro atoms. The molecule has 0 saturated carbocycles. The number of carbonyl (C=O) groups is 2. The fourth-order valence-corrected chi connectivity index (χ4v) is 1.67. The van der Waals surface area contributed by atoms with Crippen LogP contribution in [-0.4, -0.2) is 42.5 Å². The molecule has 19 heavy (non-hydrogen) atoms. The lowest BCUT2D eigenvalue weighted by molar-refractivity contribution is -0.261. The van der Waals surface area contributed by atoms with E-state index in [4.69, 9.17) is 4.74 Å². The van der Waals surface area contributed by atoms with Crippen molar-refractivity contribution >= 4 is 17.9 Å². The van der Waals surface area contributed by atoms with Gasteiger partial charge in [0.1, 0.15) is 0 Å². The van der Waals surface area contributed by atoms with Crippen LogP contribution in [0.15, 0.2) is 6.07 Å². The van der Waals surface area contributed by atoms with Gasteiger partial charge in [-0.15, -0.1) is 0 Å². The summed E-state index contributed by atoms with van der Waals surface area (Å²) in [5.41, 5.74) is 0.686. The number of carboxylic acid groups (broad SMARTS) is 1. The van der Waals surface area contributed by atoms with Crippen molar-refractivity contribution in [3.05, 3.63) is 11.8 Å². The first kappa shape index (κ1) is 15.2. The minimum Gasteiger partial charge on any atom is -0.498 e. The van der Waals surface area contributed by atoms with Crippen molar-refractivity contribution in [1.82, 2.24) is 14.3 Å². The second kappa shape index (κ2) is 5.83. The molecule has 106 valence electrons. The molecule has 1 rings (SSSR count). The fraction of sp³-hybridized carbons (Fsp3) is 0.583. The van der Waals surface area contributed by atoms with Gasteiger partial charge in [-0.2, -0.15) is 5.10 Å². The third-order valence-corrected chi connectivity index (χ3v) is 2.74. The number of hydrogen-bond donors (Lipinski definition) is 0. The van der Waals surface area contributed by atoms with Crippen LogP contribution < -0.4 is 9.59 Å². The molecule has 0 aromatic carbocycles. The predicted octanol–water partition coefficient (Wildman–Crippen LogP) is 0.0549. The molecule has 0 fully saturated rings. The topological polar surface area (TPSA) is 84.2 Å². The Bertz CT molecular complexity index is 479. The summed E-state index contributed by atoms with van der Waals surface area (Å²) in [5, 5.41) is 15.3. The largest absolute Gasteiger partial charge is 0.498 e. The van der Waals surface area contributed by atoms with Gasteiger partial charge in [-0.3, -0.25) is 4.79 Å². The minimum atomic E-state index is -1.24. The third kappa shape index (κ3) is 3.54. The lowest BCUT2D eigenvalue weighted by atomic mass is 10.4. The zero-order valence-corrected chi connectivity index (χ0v) is 11.7. The number of nitrogens with zero attached hydrogens (tertiary/aromatic N) is 3. The molecule has 1 aromatic heterocycles. The summed E-state index contributed by atoms with van der Waals surface area (Å²) in [6, 6.07) is 1.67. The van der Waals surface area contributed by atoms with Gasteiger partial charge in [-0.05, 0) is 13.8 Å². The van der Waals surface area contributed by atoms with Crippen LogP contribution in [0.3, 0.4) is 0 Å². The van der Waals surface area contributed by atoms with E-state index in [0.29, 0.717) is 18.1 Å². The number of quaternary nitrogens is 1. The molecular formula is C12H19N3O4. The number of amides is 1. The molecule has 1 aromatic rings. The van der Waals surface area contributed by atoms with Crippen molar-refractivity contribution < 1.29 is 19.4 Å². The zero-order valence-electron chi connectivity index (χ0n) is 11.7. The summed E-state index contributed by atoms with van der Waals surface area (Å²) in [6.45, 7) is 4.10. The van der Waals surface area contributed by atoms with E-state index in [0.717, 1.165) is 0 Å². The Labute approximate surface area is 112 Å². The molecule has 7 nitrogen and oxygen atoms in total. The standard InChI is InChI=1S/C12H19N3O4/c1-5-19-11(16)6-7-14-10(8-9(2)13-14)15(3,4)12(17)18/h8H,5-7H2,1-4H3. The summed E-state index contributed by atoms with van der Waals surface area (Å²) in [4.78, 5) is 22.5. The molecule has 0 aliphatic carbocycles. The molecule has 0 radical (unpaired) electrons. The molecule has 7 heteroatoms. The van der Waals surface area contributed by atoms with E-state index in [1.807, 2.05) is 0 Å². The van der Waals surface area contributed by atoms with Gasteiger partial charge in [0.2, 0.25) is 5.82 Å². The lowest BCUT2D eigenvalue weighted by Gasteiger charge is -2.28. The second-order valence-corrected chi connectivity index (χ2v) is 4.64. The highest BCUT2D eigenvalue weighted by Crippen LogP contribution is 2.20. The van der Waals surface area contributed by atoms with Gasteiger partial charge in [0.05, 0.1) is 39.4 Å². The molecule has 1 heterocycles. The van der Waals surface area contributed by atoms with Gasteiger partial charge in [-0.25, -0.2) is 9.16 Å². The average Bonchev–Trinajstić information content (AvgIpc) is 2.68. The SMILES string of the molecule is CCOC(=O)CCn1nc(C)cc1[N+](C)(C)C(=O)[O-]. The normalized spacial score (nSPS) is 11.4. The smallest absolute Gasteiger partial charge is 0.307 e. The van der Waals surface area contributed by atoms with Crippen molar-refractivity contribution in [2.75, 3.05) is 20.7 Å². The summed E-state index contributed by atoms with van der Waals surface area (Å²) in [7, 11) is 2.99.